The molecule has 10 heteroatoms. The highest BCUT2D eigenvalue weighted by molar-refractivity contribution is 5.92. The summed E-state index contributed by atoms with van der Waals surface area (Å²) in [6, 6.07) is 16.7. The number of amides is 1. The first-order valence-corrected chi connectivity index (χ1v) is 14.5. The molecule has 0 aliphatic carbocycles. The molecule has 42 heavy (non-hydrogen) atoms. The average Bonchev–Trinajstić information content (AvgIpc) is 3.75. The van der Waals surface area contributed by atoms with Crippen LogP contribution in [0, 0.1) is 5.92 Å². The molecule has 10 nitrogen and oxygen atoms in total. The second kappa shape index (κ2) is 11.9. The molecule has 0 saturated carbocycles. The van der Waals surface area contributed by atoms with E-state index < -0.39 is 12.1 Å². The van der Waals surface area contributed by atoms with E-state index in [1.54, 1.807) is 22.9 Å². The van der Waals surface area contributed by atoms with Crippen molar-refractivity contribution in [1.82, 2.24) is 30.2 Å². The third-order valence-electron chi connectivity index (χ3n) is 8.78. The molecule has 0 radical (unpaired) electrons. The van der Waals surface area contributed by atoms with Crippen LogP contribution in [0.4, 0.5) is 0 Å². The fourth-order valence-corrected chi connectivity index (χ4v) is 6.51. The van der Waals surface area contributed by atoms with Gasteiger partial charge in [-0.1, -0.05) is 29.5 Å². The van der Waals surface area contributed by atoms with Crippen LogP contribution in [-0.2, 0) is 29.5 Å². The van der Waals surface area contributed by atoms with Gasteiger partial charge in [-0.25, -0.2) is 4.68 Å². The Labute approximate surface area is 244 Å². The maximum absolute atomic E-state index is 13.9. The highest BCUT2D eigenvalue weighted by Gasteiger charge is 2.43. The summed E-state index contributed by atoms with van der Waals surface area (Å²) in [5.74, 6) is 0.942. The molecule has 1 amide bonds. The number of hydrogen-bond donors (Lipinski definition) is 2. The minimum Gasteiger partial charge on any atom is -0.497 e. The number of likely N-dealkylation sites (tertiary alicyclic amines) is 1. The minimum atomic E-state index is -0.470. The molecule has 0 bridgehead atoms. The van der Waals surface area contributed by atoms with Gasteiger partial charge in [-0.3, -0.25) is 14.4 Å². The smallest absolute Gasteiger partial charge is 0.251 e. The number of H-pyrrole nitrogens is 1. The number of carbonyl (C=O) groups excluding carboxylic acids is 2. The predicted octanol–water partition coefficient (Wildman–Crippen LogP) is 2.77. The molecule has 2 aliphatic rings. The van der Waals surface area contributed by atoms with Gasteiger partial charge in [0, 0.05) is 44.2 Å². The molecular weight excluding hydrogens is 532 g/mol. The van der Waals surface area contributed by atoms with Crippen LogP contribution in [0.1, 0.15) is 41.9 Å². The van der Waals surface area contributed by atoms with Crippen LogP contribution in [0.15, 0.2) is 65.6 Å². The first-order valence-electron chi connectivity index (χ1n) is 14.5. The van der Waals surface area contributed by atoms with Gasteiger partial charge in [-0.05, 0) is 73.1 Å². The van der Waals surface area contributed by atoms with E-state index in [9.17, 15) is 14.4 Å². The zero-order valence-electron chi connectivity index (χ0n) is 24.0. The molecule has 2 N–H and O–H groups in total. The third-order valence-corrected chi connectivity index (χ3v) is 8.78. The topological polar surface area (TPSA) is 122 Å². The largest absolute Gasteiger partial charge is 0.497 e. The Kier molecular flexibility index (Phi) is 7.88. The number of nitrogens with zero attached hydrogens (tertiary/aromatic N) is 4. The lowest BCUT2D eigenvalue weighted by atomic mass is 9.94. The Morgan fingerprint density at radius 3 is 2.67 bits per heavy atom. The van der Waals surface area contributed by atoms with Crippen LogP contribution in [0.5, 0.6) is 5.75 Å². The zero-order valence-corrected chi connectivity index (χ0v) is 24.0. The van der Waals surface area contributed by atoms with Gasteiger partial charge in [0.2, 0.25) is 5.91 Å². The highest BCUT2D eigenvalue weighted by atomic mass is 16.5. The van der Waals surface area contributed by atoms with E-state index in [0.29, 0.717) is 44.3 Å². The lowest BCUT2D eigenvalue weighted by molar-refractivity contribution is -0.139. The summed E-state index contributed by atoms with van der Waals surface area (Å²) in [7, 11) is 3.50. The van der Waals surface area contributed by atoms with Gasteiger partial charge >= 0.3 is 0 Å². The summed E-state index contributed by atoms with van der Waals surface area (Å²) < 4.78 is 7.02. The maximum Gasteiger partial charge on any atom is 0.251 e. The van der Waals surface area contributed by atoms with Gasteiger partial charge in [0.1, 0.15) is 11.3 Å². The van der Waals surface area contributed by atoms with Crippen LogP contribution in [0.25, 0.3) is 11.0 Å². The van der Waals surface area contributed by atoms with Crippen molar-refractivity contribution >= 4 is 22.7 Å². The number of aryl methyl sites for hydroxylation is 2. The molecule has 2 saturated heterocycles. The van der Waals surface area contributed by atoms with Crippen LogP contribution >= 0.6 is 0 Å². The SMILES string of the molecule is COc1ccc(C[C@@H]2C[C@@H](C(=O)CCc3ccc4c(c3)nnn4C)N(C(=O)[C@H]3CC(c4ccc[nH]c4=O)CN3)C2)cc1. The van der Waals surface area contributed by atoms with Crippen molar-refractivity contribution in [1.29, 1.82) is 0 Å². The Hall–Kier alpha value is -4.31. The molecule has 4 atom stereocenters. The number of methoxy groups -OCH3 is 1. The molecule has 2 aromatic heterocycles. The number of aromatic amines is 1. The van der Waals surface area contributed by atoms with E-state index in [0.717, 1.165) is 34.3 Å². The molecule has 2 aliphatic heterocycles. The van der Waals surface area contributed by atoms with E-state index in [1.165, 1.54) is 0 Å². The lowest BCUT2D eigenvalue weighted by Gasteiger charge is -2.27. The number of benzene rings is 2. The zero-order chi connectivity index (χ0) is 29.2. The van der Waals surface area contributed by atoms with Gasteiger partial charge in [0.05, 0.1) is 24.7 Å². The van der Waals surface area contributed by atoms with Crippen LogP contribution < -0.4 is 15.6 Å². The van der Waals surface area contributed by atoms with Crippen LogP contribution in [0.2, 0.25) is 0 Å². The number of hydrogen-bond acceptors (Lipinski definition) is 7. The molecular formula is C32H36N6O4. The summed E-state index contributed by atoms with van der Waals surface area (Å²) >= 11 is 0. The van der Waals surface area contributed by atoms with Crippen molar-refractivity contribution in [3.8, 4) is 5.75 Å². The number of aromatic nitrogens is 4. The fraction of sp³-hybridized carbons (Fsp3) is 0.406. The van der Waals surface area contributed by atoms with Gasteiger partial charge in [-0.15, -0.1) is 5.10 Å². The summed E-state index contributed by atoms with van der Waals surface area (Å²) in [4.78, 5) is 44.5. The minimum absolute atomic E-state index is 0.0493. The number of fused-ring (bicyclic) bond motifs is 1. The normalized spacial score (nSPS) is 22.1. The van der Waals surface area contributed by atoms with Gasteiger partial charge in [0.15, 0.2) is 5.78 Å². The van der Waals surface area contributed by atoms with Crippen LogP contribution in [0.3, 0.4) is 0 Å². The van der Waals surface area contributed by atoms with Crippen molar-refractivity contribution in [3.05, 3.63) is 87.8 Å². The standard InChI is InChI=1S/C32H36N6O4/c1-37-28-11-7-21(15-26(28)35-36-37)8-12-30(39)29-16-22(14-20-5-9-24(42-2)10-6-20)19-38(29)32(41)27-17-23(18-34-27)25-4-3-13-33-31(25)40/h3-7,9-11,13,15,22-23,27,29,34H,8,12,14,16-19H2,1-2H3,(H,33,40)/t22-,23?,27-,29+/m1/s1. The average molecular weight is 569 g/mol. The maximum atomic E-state index is 13.9. The Morgan fingerprint density at radius 2 is 1.88 bits per heavy atom. The Morgan fingerprint density at radius 1 is 1.07 bits per heavy atom. The first-order chi connectivity index (χ1) is 20.4. The molecule has 1 unspecified atom stereocenters. The molecule has 4 heterocycles. The quantitative estimate of drug-likeness (QED) is 0.318. The van der Waals surface area contributed by atoms with Gasteiger partial charge in [0.25, 0.3) is 5.56 Å². The van der Waals surface area contributed by atoms with Crippen molar-refractivity contribution in [2.24, 2.45) is 13.0 Å². The number of carbonyl (C=O) groups is 2. The summed E-state index contributed by atoms with van der Waals surface area (Å²) in [6.45, 7) is 1.08. The van der Waals surface area contributed by atoms with Crippen molar-refractivity contribution < 1.29 is 14.3 Å². The third kappa shape index (κ3) is 5.72. The Bertz CT molecular complexity index is 1640. The predicted molar refractivity (Wildman–Crippen MR) is 158 cm³/mol. The van der Waals surface area contributed by atoms with E-state index in [-0.39, 0.29) is 29.1 Å². The van der Waals surface area contributed by atoms with Crippen molar-refractivity contribution in [2.45, 2.75) is 50.1 Å². The number of Topliss-reactive ketones (excluding diaryl/α,β-unsaturated/α-hetero) is 1. The van der Waals surface area contributed by atoms with E-state index in [1.807, 2.05) is 61.6 Å². The molecule has 4 aromatic rings. The number of ether oxygens (including phenoxy) is 1. The first kappa shape index (κ1) is 27.8. The number of nitrogens with one attached hydrogen (secondary N) is 2. The van der Waals surface area contributed by atoms with Crippen LogP contribution in [-0.4, -0.2) is 68.9 Å². The second-order valence-electron chi connectivity index (χ2n) is 11.5. The molecule has 218 valence electrons. The monoisotopic (exact) mass is 568 g/mol. The second-order valence-corrected chi connectivity index (χ2v) is 11.5. The number of ketones is 1. The fourth-order valence-electron chi connectivity index (χ4n) is 6.51. The highest BCUT2D eigenvalue weighted by Crippen LogP contribution is 2.32. The number of pyridine rings is 1. The molecule has 2 aromatic carbocycles. The summed E-state index contributed by atoms with van der Waals surface area (Å²) in [5.41, 5.74) is 4.49. The van der Waals surface area contributed by atoms with E-state index in [4.69, 9.17) is 4.74 Å². The lowest BCUT2D eigenvalue weighted by Crippen LogP contribution is -2.48. The van der Waals surface area contributed by atoms with Crippen molar-refractivity contribution in [3.63, 3.8) is 0 Å². The van der Waals surface area contributed by atoms with Gasteiger partial charge in [-0.2, -0.15) is 0 Å². The van der Waals surface area contributed by atoms with E-state index in [2.05, 4.69) is 20.6 Å². The molecule has 6 rings (SSSR count). The van der Waals surface area contributed by atoms with E-state index >= 15 is 0 Å². The van der Waals surface area contributed by atoms with Gasteiger partial charge < -0.3 is 19.9 Å². The number of rotatable bonds is 9. The molecule has 2 fully saturated rings. The molecule has 0 spiro atoms. The van der Waals surface area contributed by atoms with Crippen molar-refractivity contribution in [2.75, 3.05) is 20.2 Å². The summed E-state index contributed by atoms with van der Waals surface area (Å²) in [5, 5.41) is 11.6. The summed E-state index contributed by atoms with van der Waals surface area (Å²) in [6.07, 6.45) is 4.48. The Balaban J connectivity index is 1.17.